The highest BCUT2D eigenvalue weighted by Crippen LogP contribution is 2.25. The van der Waals surface area contributed by atoms with E-state index in [1.807, 2.05) is 6.92 Å². The number of rotatable bonds is 4. The van der Waals surface area contributed by atoms with Crippen LogP contribution in [0.4, 0.5) is 20.2 Å². The maximum absolute atomic E-state index is 14.1. The molecule has 0 unspecified atom stereocenters. The minimum atomic E-state index is -0.403. The standard InChI is InChI=1S/C19H17ClF2N4S/c1-11-18(24-19(27)23-17-9-4-3-7-16(17)22)12(2)26(25-11)10-13-14(20)6-5-8-15(13)21/h3-9H,10H2,1-2H3,(H2,23,24,27). The van der Waals surface area contributed by atoms with Crippen LogP contribution in [0.3, 0.4) is 0 Å². The number of aryl methyl sites for hydroxylation is 1. The summed E-state index contributed by atoms with van der Waals surface area (Å²) in [6.45, 7) is 3.83. The summed E-state index contributed by atoms with van der Waals surface area (Å²) in [6.07, 6.45) is 0. The Hall–Kier alpha value is -2.51. The predicted octanol–water partition coefficient (Wildman–Crippen LogP) is 5.29. The number of anilines is 2. The van der Waals surface area contributed by atoms with Crippen LogP contribution in [0.15, 0.2) is 42.5 Å². The molecule has 0 fully saturated rings. The Morgan fingerprint density at radius 3 is 2.48 bits per heavy atom. The molecular weight excluding hydrogens is 390 g/mol. The van der Waals surface area contributed by atoms with Crippen LogP contribution < -0.4 is 10.6 Å². The molecule has 2 N–H and O–H groups in total. The summed E-state index contributed by atoms with van der Waals surface area (Å²) in [5.74, 6) is -0.790. The van der Waals surface area contributed by atoms with Crippen LogP contribution in [0, 0.1) is 25.5 Å². The third-order valence-corrected chi connectivity index (χ3v) is 4.67. The van der Waals surface area contributed by atoms with Gasteiger partial charge in [0.15, 0.2) is 5.11 Å². The van der Waals surface area contributed by atoms with E-state index in [4.69, 9.17) is 23.8 Å². The van der Waals surface area contributed by atoms with E-state index in [9.17, 15) is 8.78 Å². The lowest BCUT2D eigenvalue weighted by molar-refractivity contribution is 0.579. The highest BCUT2D eigenvalue weighted by Gasteiger charge is 2.16. The Kier molecular flexibility index (Phi) is 5.72. The van der Waals surface area contributed by atoms with Gasteiger partial charge in [-0.3, -0.25) is 4.68 Å². The first kappa shape index (κ1) is 19.3. The van der Waals surface area contributed by atoms with Crippen LogP contribution in [0.25, 0.3) is 0 Å². The normalized spacial score (nSPS) is 10.7. The molecule has 1 aromatic heterocycles. The Bertz CT molecular complexity index is 983. The van der Waals surface area contributed by atoms with E-state index in [1.165, 1.54) is 12.1 Å². The molecule has 0 saturated heterocycles. The first-order chi connectivity index (χ1) is 12.9. The van der Waals surface area contributed by atoms with E-state index < -0.39 is 5.82 Å². The number of thiocarbonyl (C=S) groups is 1. The third-order valence-electron chi connectivity index (χ3n) is 4.11. The van der Waals surface area contributed by atoms with Crippen molar-refractivity contribution in [3.8, 4) is 0 Å². The highest BCUT2D eigenvalue weighted by atomic mass is 35.5. The van der Waals surface area contributed by atoms with Crippen LogP contribution in [-0.4, -0.2) is 14.9 Å². The number of nitrogens with zero attached hydrogens (tertiary/aromatic N) is 2. The Balaban J connectivity index is 1.80. The van der Waals surface area contributed by atoms with Crippen molar-refractivity contribution in [2.24, 2.45) is 0 Å². The summed E-state index contributed by atoms with van der Waals surface area (Å²) < 4.78 is 29.5. The average Bonchev–Trinajstić information content (AvgIpc) is 2.88. The number of hydrogen-bond donors (Lipinski definition) is 2. The van der Waals surface area contributed by atoms with Gasteiger partial charge in [0.1, 0.15) is 11.6 Å². The minimum Gasteiger partial charge on any atom is -0.330 e. The number of benzene rings is 2. The SMILES string of the molecule is Cc1nn(Cc2c(F)cccc2Cl)c(C)c1NC(=S)Nc1ccccc1F. The maximum Gasteiger partial charge on any atom is 0.175 e. The van der Waals surface area contributed by atoms with Crippen LogP contribution in [0.2, 0.25) is 5.02 Å². The minimum absolute atomic E-state index is 0.188. The molecule has 0 aliphatic rings. The van der Waals surface area contributed by atoms with Crippen molar-refractivity contribution in [2.45, 2.75) is 20.4 Å². The zero-order chi connectivity index (χ0) is 19.6. The van der Waals surface area contributed by atoms with Gasteiger partial charge >= 0.3 is 0 Å². The lowest BCUT2D eigenvalue weighted by atomic mass is 10.2. The second-order valence-corrected chi connectivity index (χ2v) is 6.78. The molecule has 3 aromatic rings. The lowest BCUT2D eigenvalue weighted by Crippen LogP contribution is -2.20. The fourth-order valence-corrected chi connectivity index (χ4v) is 3.13. The first-order valence-corrected chi connectivity index (χ1v) is 8.95. The predicted molar refractivity (Wildman–Crippen MR) is 108 cm³/mol. The van der Waals surface area contributed by atoms with Crippen LogP contribution in [0.1, 0.15) is 17.0 Å². The second-order valence-electron chi connectivity index (χ2n) is 5.96. The van der Waals surface area contributed by atoms with Crippen molar-refractivity contribution in [3.05, 3.63) is 76.1 Å². The van der Waals surface area contributed by atoms with E-state index in [0.717, 1.165) is 5.69 Å². The molecule has 0 aliphatic heterocycles. The third kappa shape index (κ3) is 4.26. The molecule has 3 rings (SSSR count). The molecule has 0 atom stereocenters. The molecular formula is C19H17ClF2N4S. The average molecular weight is 407 g/mol. The summed E-state index contributed by atoms with van der Waals surface area (Å²) in [6, 6.07) is 10.8. The summed E-state index contributed by atoms with van der Waals surface area (Å²) in [4.78, 5) is 0. The molecule has 8 heteroatoms. The smallest absolute Gasteiger partial charge is 0.175 e. The Labute approximate surface area is 166 Å². The zero-order valence-corrected chi connectivity index (χ0v) is 16.3. The molecule has 0 saturated carbocycles. The molecule has 0 radical (unpaired) electrons. The van der Waals surface area contributed by atoms with Gasteiger partial charge in [0.2, 0.25) is 0 Å². The van der Waals surface area contributed by atoms with Gasteiger partial charge in [-0.2, -0.15) is 5.10 Å². The highest BCUT2D eigenvalue weighted by molar-refractivity contribution is 7.80. The van der Waals surface area contributed by atoms with E-state index >= 15 is 0 Å². The fraction of sp³-hybridized carbons (Fsp3) is 0.158. The fourth-order valence-electron chi connectivity index (χ4n) is 2.69. The summed E-state index contributed by atoms with van der Waals surface area (Å²) in [7, 11) is 0. The first-order valence-electron chi connectivity index (χ1n) is 8.16. The van der Waals surface area contributed by atoms with Gasteiger partial charge in [-0.1, -0.05) is 29.8 Å². The second kappa shape index (κ2) is 8.02. The van der Waals surface area contributed by atoms with Gasteiger partial charge in [-0.25, -0.2) is 8.78 Å². The summed E-state index contributed by atoms with van der Waals surface area (Å²) >= 11 is 11.4. The molecule has 2 aromatic carbocycles. The zero-order valence-electron chi connectivity index (χ0n) is 14.7. The van der Waals surface area contributed by atoms with Crippen molar-refractivity contribution in [3.63, 3.8) is 0 Å². The van der Waals surface area contributed by atoms with E-state index in [1.54, 1.807) is 41.9 Å². The van der Waals surface area contributed by atoms with Gasteiger partial charge in [0.25, 0.3) is 0 Å². The Morgan fingerprint density at radius 1 is 1.07 bits per heavy atom. The topological polar surface area (TPSA) is 41.9 Å². The van der Waals surface area contributed by atoms with Gasteiger partial charge < -0.3 is 10.6 Å². The Morgan fingerprint density at radius 2 is 1.78 bits per heavy atom. The van der Waals surface area contributed by atoms with E-state index in [2.05, 4.69) is 15.7 Å². The maximum atomic E-state index is 14.1. The molecule has 27 heavy (non-hydrogen) atoms. The number of halogens is 3. The van der Waals surface area contributed by atoms with Crippen molar-refractivity contribution in [1.29, 1.82) is 0 Å². The number of aromatic nitrogens is 2. The van der Waals surface area contributed by atoms with Crippen molar-refractivity contribution in [1.82, 2.24) is 9.78 Å². The van der Waals surface area contributed by atoms with E-state index in [-0.39, 0.29) is 23.2 Å². The van der Waals surface area contributed by atoms with Crippen LogP contribution in [0.5, 0.6) is 0 Å². The monoisotopic (exact) mass is 406 g/mol. The molecule has 0 amide bonds. The molecule has 0 bridgehead atoms. The van der Waals surface area contributed by atoms with Crippen molar-refractivity contribution < 1.29 is 8.78 Å². The van der Waals surface area contributed by atoms with Crippen molar-refractivity contribution >= 4 is 40.3 Å². The lowest BCUT2D eigenvalue weighted by Gasteiger charge is -2.12. The van der Waals surface area contributed by atoms with Gasteiger partial charge in [-0.05, 0) is 50.3 Å². The summed E-state index contributed by atoms with van der Waals surface area (Å²) in [5, 5.41) is 10.9. The quantitative estimate of drug-likeness (QED) is 0.578. The van der Waals surface area contributed by atoms with Crippen LogP contribution >= 0.6 is 23.8 Å². The van der Waals surface area contributed by atoms with Gasteiger partial charge in [0.05, 0.1) is 29.3 Å². The molecule has 140 valence electrons. The number of para-hydroxylation sites is 1. The summed E-state index contributed by atoms with van der Waals surface area (Å²) in [5.41, 5.74) is 2.75. The number of nitrogens with one attached hydrogen (secondary N) is 2. The molecule has 4 nitrogen and oxygen atoms in total. The molecule has 1 heterocycles. The van der Waals surface area contributed by atoms with Gasteiger partial charge in [0, 0.05) is 10.6 Å². The molecule has 0 spiro atoms. The largest absolute Gasteiger partial charge is 0.330 e. The van der Waals surface area contributed by atoms with Crippen LogP contribution in [-0.2, 0) is 6.54 Å². The van der Waals surface area contributed by atoms with E-state index in [0.29, 0.717) is 22.0 Å². The van der Waals surface area contributed by atoms with Gasteiger partial charge in [-0.15, -0.1) is 0 Å². The number of hydrogen-bond acceptors (Lipinski definition) is 2. The van der Waals surface area contributed by atoms with Crippen molar-refractivity contribution in [2.75, 3.05) is 10.6 Å². The molecule has 0 aliphatic carbocycles.